The third-order valence-corrected chi connectivity index (χ3v) is 4.02. The van der Waals surface area contributed by atoms with Crippen LogP contribution >= 0.6 is 0 Å². The molecule has 1 fully saturated rings. The molecule has 2 amide bonds. The van der Waals surface area contributed by atoms with E-state index in [4.69, 9.17) is 5.11 Å². The van der Waals surface area contributed by atoms with Crippen molar-refractivity contribution < 1.29 is 9.90 Å². The van der Waals surface area contributed by atoms with Crippen molar-refractivity contribution in [3.05, 3.63) is 17.5 Å². The molecule has 1 aromatic heterocycles. The number of likely N-dealkylation sites (tertiary alicyclic amines) is 1. The van der Waals surface area contributed by atoms with E-state index in [-0.39, 0.29) is 18.6 Å². The molecule has 1 aliphatic rings. The summed E-state index contributed by atoms with van der Waals surface area (Å²) in [4.78, 5) is 13.8. The number of rotatable bonds is 5. The molecule has 0 aromatic carbocycles. The zero-order chi connectivity index (χ0) is 15.4. The number of aromatic nitrogens is 2. The molecule has 2 heterocycles. The van der Waals surface area contributed by atoms with Gasteiger partial charge in [0.15, 0.2) is 0 Å². The Hall–Kier alpha value is -1.56. The third-order valence-electron chi connectivity index (χ3n) is 4.02. The molecule has 1 aromatic rings. The third kappa shape index (κ3) is 4.20. The lowest BCUT2D eigenvalue weighted by Crippen LogP contribution is -2.41. The number of amides is 2. The molecule has 2 N–H and O–H groups in total. The normalized spacial score (nSPS) is 19.8. The SMILES string of the molecule is Cc1cc(C)n(CC(C)CNC(=O)N2CCC(CO)C2)n1. The predicted molar refractivity (Wildman–Crippen MR) is 81.0 cm³/mol. The summed E-state index contributed by atoms with van der Waals surface area (Å²) < 4.78 is 1.99. The molecule has 1 saturated heterocycles. The van der Waals surface area contributed by atoms with E-state index in [1.807, 2.05) is 18.5 Å². The van der Waals surface area contributed by atoms with Crippen molar-refractivity contribution in [3.63, 3.8) is 0 Å². The van der Waals surface area contributed by atoms with Crippen LogP contribution in [0, 0.1) is 25.7 Å². The fourth-order valence-electron chi connectivity index (χ4n) is 2.76. The number of carbonyl (C=O) groups is 1. The van der Waals surface area contributed by atoms with Crippen LogP contribution in [0.5, 0.6) is 0 Å². The van der Waals surface area contributed by atoms with Gasteiger partial charge in [-0.15, -0.1) is 0 Å². The molecule has 2 unspecified atom stereocenters. The van der Waals surface area contributed by atoms with Gasteiger partial charge in [-0.1, -0.05) is 6.92 Å². The van der Waals surface area contributed by atoms with E-state index < -0.39 is 0 Å². The van der Waals surface area contributed by atoms with Crippen LogP contribution in [0.25, 0.3) is 0 Å². The first-order valence-electron chi connectivity index (χ1n) is 7.64. The van der Waals surface area contributed by atoms with Crippen LogP contribution in [-0.2, 0) is 6.54 Å². The minimum absolute atomic E-state index is 0.0221. The van der Waals surface area contributed by atoms with Gasteiger partial charge in [0.05, 0.1) is 5.69 Å². The van der Waals surface area contributed by atoms with Gasteiger partial charge in [-0.3, -0.25) is 4.68 Å². The van der Waals surface area contributed by atoms with E-state index >= 15 is 0 Å². The number of hydrogen-bond donors (Lipinski definition) is 2. The van der Waals surface area contributed by atoms with Gasteiger partial charge in [-0.25, -0.2) is 4.79 Å². The second-order valence-corrected chi connectivity index (χ2v) is 6.18. The van der Waals surface area contributed by atoms with E-state index in [1.165, 1.54) is 0 Å². The number of carbonyl (C=O) groups excluding carboxylic acids is 1. The Morgan fingerprint density at radius 3 is 2.90 bits per heavy atom. The van der Waals surface area contributed by atoms with Crippen LogP contribution in [0.2, 0.25) is 0 Å². The number of nitrogens with one attached hydrogen (secondary N) is 1. The van der Waals surface area contributed by atoms with Crippen molar-refractivity contribution in [1.29, 1.82) is 0 Å². The fraction of sp³-hybridized carbons (Fsp3) is 0.733. The molecule has 0 bridgehead atoms. The summed E-state index contributed by atoms with van der Waals surface area (Å²) in [6.45, 7) is 9.15. The summed E-state index contributed by atoms with van der Waals surface area (Å²) in [5.41, 5.74) is 2.17. The first kappa shape index (κ1) is 15.8. The molecule has 0 radical (unpaired) electrons. The van der Waals surface area contributed by atoms with Gasteiger partial charge >= 0.3 is 6.03 Å². The van der Waals surface area contributed by atoms with Crippen molar-refractivity contribution in [2.24, 2.45) is 11.8 Å². The highest BCUT2D eigenvalue weighted by Gasteiger charge is 2.25. The predicted octanol–water partition coefficient (Wildman–Crippen LogP) is 1.16. The van der Waals surface area contributed by atoms with Crippen LogP contribution in [-0.4, -0.2) is 52.1 Å². The second-order valence-electron chi connectivity index (χ2n) is 6.18. The molecule has 2 rings (SSSR count). The number of hydrogen-bond acceptors (Lipinski definition) is 3. The van der Waals surface area contributed by atoms with Gasteiger partial charge in [0.2, 0.25) is 0 Å². The van der Waals surface area contributed by atoms with Crippen molar-refractivity contribution >= 4 is 6.03 Å². The standard InChI is InChI=1S/C15H26N4O2/c1-11(8-19-13(3)6-12(2)17-19)7-16-15(21)18-5-4-14(9-18)10-20/h6,11,14,20H,4-5,7-10H2,1-3H3,(H,16,21). The van der Waals surface area contributed by atoms with Gasteiger partial charge in [0, 0.05) is 44.4 Å². The Bertz CT molecular complexity index is 486. The van der Waals surface area contributed by atoms with Gasteiger partial charge < -0.3 is 15.3 Å². The summed E-state index contributed by atoms with van der Waals surface area (Å²) in [6.07, 6.45) is 0.894. The molecule has 118 valence electrons. The lowest BCUT2D eigenvalue weighted by atomic mass is 10.1. The highest BCUT2D eigenvalue weighted by Crippen LogP contribution is 2.15. The molecular weight excluding hydrogens is 268 g/mol. The first-order valence-corrected chi connectivity index (χ1v) is 7.64. The van der Waals surface area contributed by atoms with E-state index in [1.54, 1.807) is 4.90 Å². The zero-order valence-corrected chi connectivity index (χ0v) is 13.2. The summed E-state index contributed by atoms with van der Waals surface area (Å²) in [7, 11) is 0. The Balaban J connectivity index is 1.75. The van der Waals surface area contributed by atoms with E-state index in [0.717, 1.165) is 30.9 Å². The zero-order valence-electron chi connectivity index (χ0n) is 13.2. The Labute approximate surface area is 126 Å². The number of aliphatic hydroxyl groups excluding tert-OH is 1. The maximum atomic E-state index is 12.0. The smallest absolute Gasteiger partial charge is 0.317 e. The highest BCUT2D eigenvalue weighted by molar-refractivity contribution is 5.74. The average molecular weight is 294 g/mol. The molecule has 2 atom stereocenters. The number of nitrogens with zero attached hydrogens (tertiary/aromatic N) is 3. The quantitative estimate of drug-likeness (QED) is 0.856. The van der Waals surface area contributed by atoms with Crippen LogP contribution < -0.4 is 5.32 Å². The monoisotopic (exact) mass is 294 g/mol. The maximum absolute atomic E-state index is 12.0. The molecule has 1 aliphatic heterocycles. The molecule has 6 nitrogen and oxygen atoms in total. The fourth-order valence-corrected chi connectivity index (χ4v) is 2.76. The van der Waals surface area contributed by atoms with E-state index in [0.29, 0.717) is 19.0 Å². The topological polar surface area (TPSA) is 70.4 Å². The van der Waals surface area contributed by atoms with Crippen LogP contribution in [0.1, 0.15) is 24.7 Å². The van der Waals surface area contributed by atoms with Gasteiger partial charge in [-0.05, 0) is 32.3 Å². The average Bonchev–Trinajstić information content (AvgIpc) is 3.03. The van der Waals surface area contributed by atoms with E-state index in [2.05, 4.69) is 23.4 Å². The lowest BCUT2D eigenvalue weighted by Gasteiger charge is -2.19. The summed E-state index contributed by atoms with van der Waals surface area (Å²) in [5.74, 6) is 0.561. The number of aryl methyl sites for hydroxylation is 2. The molecule has 0 aliphatic carbocycles. The van der Waals surface area contributed by atoms with Gasteiger partial charge in [0.1, 0.15) is 0 Å². The largest absolute Gasteiger partial charge is 0.396 e. The van der Waals surface area contributed by atoms with Gasteiger partial charge in [-0.2, -0.15) is 5.10 Å². The Morgan fingerprint density at radius 1 is 1.57 bits per heavy atom. The number of aliphatic hydroxyl groups is 1. The minimum Gasteiger partial charge on any atom is -0.396 e. The molecular formula is C15H26N4O2. The Kier molecular flexibility index (Phi) is 5.22. The minimum atomic E-state index is -0.0221. The Morgan fingerprint density at radius 2 is 2.33 bits per heavy atom. The summed E-state index contributed by atoms with van der Waals surface area (Å²) in [5, 5.41) is 16.5. The van der Waals surface area contributed by atoms with E-state index in [9.17, 15) is 4.79 Å². The van der Waals surface area contributed by atoms with Gasteiger partial charge in [0.25, 0.3) is 0 Å². The van der Waals surface area contributed by atoms with Crippen molar-refractivity contribution in [2.45, 2.75) is 33.7 Å². The molecule has 0 spiro atoms. The molecule has 21 heavy (non-hydrogen) atoms. The van der Waals surface area contributed by atoms with Crippen LogP contribution in [0.3, 0.4) is 0 Å². The molecule has 6 heteroatoms. The number of urea groups is 1. The van der Waals surface area contributed by atoms with Crippen molar-refractivity contribution in [1.82, 2.24) is 20.0 Å². The maximum Gasteiger partial charge on any atom is 0.317 e. The highest BCUT2D eigenvalue weighted by atomic mass is 16.3. The van der Waals surface area contributed by atoms with Crippen molar-refractivity contribution in [2.75, 3.05) is 26.2 Å². The van der Waals surface area contributed by atoms with Crippen LogP contribution in [0.15, 0.2) is 6.07 Å². The first-order chi connectivity index (χ1) is 9.99. The summed E-state index contributed by atoms with van der Waals surface area (Å²) >= 11 is 0. The van der Waals surface area contributed by atoms with Crippen molar-refractivity contribution in [3.8, 4) is 0 Å². The lowest BCUT2D eigenvalue weighted by molar-refractivity contribution is 0.196. The second kappa shape index (κ2) is 6.93. The summed E-state index contributed by atoms with van der Waals surface area (Å²) in [6, 6.07) is 2.04. The van der Waals surface area contributed by atoms with Crippen LogP contribution in [0.4, 0.5) is 4.79 Å². The molecule has 0 saturated carbocycles.